The second-order valence-corrected chi connectivity index (χ2v) is 5.11. The summed E-state index contributed by atoms with van der Waals surface area (Å²) in [5, 5.41) is 0. The van der Waals surface area contributed by atoms with E-state index in [0.717, 1.165) is 0 Å². The van der Waals surface area contributed by atoms with Gasteiger partial charge in [-0.1, -0.05) is 0 Å². The highest BCUT2D eigenvalue weighted by Crippen LogP contribution is 2.43. The molecule has 0 saturated heterocycles. The Morgan fingerprint density at radius 2 is 1.23 bits per heavy atom. The van der Waals surface area contributed by atoms with Crippen molar-refractivity contribution in [2.75, 3.05) is 13.2 Å². The zero-order chi connectivity index (χ0) is 16.3. The van der Waals surface area contributed by atoms with E-state index in [2.05, 4.69) is 9.47 Å². The first-order chi connectivity index (χ1) is 10.5. The molecule has 0 aromatic rings. The van der Waals surface area contributed by atoms with E-state index in [1.54, 1.807) is 13.8 Å². The van der Waals surface area contributed by atoms with Crippen LogP contribution in [0.1, 0.15) is 26.7 Å². The van der Waals surface area contributed by atoms with Crippen LogP contribution >= 0.6 is 0 Å². The molecule has 4 atom stereocenters. The molecule has 8 nitrogen and oxygen atoms in total. The van der Waals surface area contributed by atoms with Crippen molar-refractivity contribution in [3.05, 3.63) is 0 Å². The Labute approximate surface area is 127 Å². The van der Waals surface area contributed by atoms with Gasteiger partial charge < -0.3 is 18.9 Å². The third-order valence-electron chi connectivity index (χ3n) is 3.81. The summed E-state index contributed by atoms with van der Waals surface area (Å²) in [6, 6.07) is 0. The molecule has 2 rings (SSSR count). The maximum Gasteiger partial charge on any atom is 0.508 e. The molecule has 0 spiro atoms. The van der Waals surface area contributed by atoms with Crippen LogP contribution in [0.15, 0.2) is 0 Å². The minimum absolute atomic E-state index is 0.0184. The molecule has 0 radical (unpaired) electrons. The molecule has 0 bridgehead atoms. The van der Waals surface area contributed by atoms with Crippen LogP contribution in [0.4, 0.5) is 9.59 Å². The number of hydrogen-bond acceptors (Lipinski definition) is 8. The molecule has 122 valence electrons. The third kappa shape index (κ3) is 3.20. The second kappa shape index (κ2) is 6.76. The molecule has 0 amide bonds. The van der Waals surface area contributed by atoms with Crippen molar-refractivity contribution in [3.63, 3.8) is 0 Å². The van der Waals surface area contributed by atoms with E-state index in [9.17, 15) is 19.2 Å². The smallest absolute Gasteiger partial charge is 0.435 e. The quantitative estimate of drug-likeness (QED) is 0.714. The highest BCUT2D eigenvalue weighted by atomic mass is 16.7. The predicted molar refractivity (Wildman–Crippen MR) is 70.0 cm³/mol. The molecule has 2 aliphatic carbocycles. The Hall–Kier alpha value is -2.12. The van der Waals surface area contributed by atoms with Crippen molar-refractivity contribution < 1.29 is 38.1 Å². The lowest BCUT2D eigenvalue weighted by atomic mass is 9.98. The summed E-state index contributed by atoms with van der Waals surface area (Å²) in [4.78, 5) is 46.7. The van der Waals surface area contributed by atoms with Crippen molar-refractivity contribution in [1.82, 2.24) is 0 Å². The van der Waals surface area contributed by atoms with Gasteiger partial charge in [0.05, 0.1) is 13.2 Å². The molecule has 2 fully saturated rings. The van der Waals surface area contributed by atoms with Crippen LogP contribution in [-0.2, 0) is 28.5 Å². The second-order valence-electron chi connectivity index (χ2n) is 5.11. The van der Waals surface area contributed by atoms with Gasteiger partial charge in [-0.2, -0.15) is 0 Å². The minimum Gasteiger partial charge on any atom is -0.435 e. The van der Waals surface area contributed by atoms with Crippen LogP contribution in [0, 0.1) is 11.8 Å². The number of carbonyl (C=O) groups excluding carboxylic acids is 4. The maximum absolute atomic E-state index is 12.0. The lowest BCUT2D eigenvalue weighted by Gasteiger charge is -2.18. The lowest BCUT2D eigenvalue weighted by molar-refractivity contribution is -0.130. The largest absolute Gasteiger partial charge is 0.508 e. The molecule has 2 aliphatic rings. The Morgan fingerprint density at radius 3 is 1.55 bits per heavy atom. The van der Waals surface area contributed by atoms with Crippen molar-refractivity contribution in [2.24, 2.45) is 11.8 Å². The molecular formula is C14H18O8. The van der Waals surface area contributed by atoms with E-state index >= 15 is 0 Å². The monoisotopic (exact) mass is 314 g/mol. The maximum atomic E-state index is 12.0. The molecule has 2 saturated carbocycles. The number of ketones is 2. The van der Waals surface area contributed by atoms with E-state index in [1.165, 1.54) is 0 Å². The van der Waals surface area contributed by atoms with Gasteiger partial charge >= 0.3 is 12.3 Å². The number of fused-ring (bicyclic) bond motifs is 1. The first-order valence-corrected chi connectivity index (χ1v) is 7.20. The first kappa shape index (κ1) is 16.3. The molecular weight excluding hydrogens is 296 g/mol. The molecule has 8 heteroatoms. The fraction of sp³-hybridized carbons (Fsp3) is 0.714. The summed E-state index contributed by atoms with van der Waals surface area (Å²) >= 11 is 0. The van der Waals surface area contributed by atoms with Gasteiger partial charge in [0.25, 0.3) is 0 Å². The summed E-state index contributed by atoms with van der Waals surface area (Å²) in [6.45, 7) is 3.48. The van der Waals surface area contributed by atoms with Crippen molar-refractivity contribution in [3.8, 4) is 0 Å². The number of Topliss-reactive ketones (excluding diaryl/α,β-unsaturated/α-hetero) is 2. The van der Waals surface area contributed by atoms with E-state index in [0.29, 0.717) is 0 Å². The van der Waals surface area contributed by atoms with Crippen molar-refractivity contribution in [1.29, 1.82) is 0 Å². The standard InChI is InChI=1S/C14H18O8/c1-3-19-13(17)21-11-7-5-10(16)12(8(7)6-9(11)15)22-14(18)20-4-2/h7-8,11-12H,3-6H2,1-2H3/t7-,8-,11?,12?/m1/s1. The van der Waals surface area contributed by atoms with E-state index in [4.69, 9.17) is 9.47 Å². The zero-order valence-corrected chi connectivity index (χ0v) is 12.4. The fourth-order valence-corrected chi connectivity index (χ4v) is 2.96. The highest BCUT2D eigenvalue weighted by Gasteiger charge is 2.56. The molecule has 0 aromatic carbocycles. The van der Waals surface area contributed by atoms with Gasteiger partial charge in [0.1, 0.15) is 0 Å². The van der Waals surface area contributed by atoms with Crippen LogP contribution < -0.4 is 0 Å². The lowest BCUT2D eigenvalue weighted by Crippen LogP contribution is -2.29. The number of carbonyl (C=O) groups is 4. The predicted octanol–water partition coefficient (Wildman–Crippen LogP) is 1.25. The van der Waals surface area contributed by atoms with Crippen LogP contribution in [0.25, 0.3) is 0 Å². The molecule has 22 heavy (non-hydrogen) atoms. The fourth-order valence-electron chi connectivity index (χ4n) is 2.96. The van der Waals surface area contributed by atoms with Crippen LogP contribution in [0.5, 0.6) is 0 Å². The SMILES string of the molecule is CCOC(=O)OC1C(=O)C[C@H]2C(OC(=O)OCC)C(=O)C[C@@H]12. The number of rotatable bonds is 4. The Kier molecular flexibility index (Phi) is 4.99. The van der Waals surface area contributed by atoms with Gasteiger partial charge in [0.2, 0.25) is 0 Å². The van der Waals surface area contributed by atoms with E-state index in [1.807, 2.05) is 0 Å². The van der Waals surface area contributed by atoms with Crippen molar-refractivity contribution >= 4 is 23.9 Å². The Balaban J connectivity index is 2.04. The minimum atomic E-state index is -1.02. The molecule has 0 heterocycles. The van der Waals surface area contributed by atoms with Gasteiger partial charge in [-0.05, 0) is 13.8 Å². The van der Waals surface area contributed by atoms with Gasteiger partial charge in [-0.25, -0.2) is 9.59 Å². The summed E-state index contributed by atoms with van der Waals surface area (Å²) < 4.78 is 19.3. The van der Waals surface area contributed by atoms with Crippen LogP contribution in [0.3, 0.4) is 0 Å². The van der Waals surface area contributed by atoms with Crippen LogP contribution in [-0.4, -0.2) is 49.3 Å². The molecule has 0 aliphatic heterocycles. The summed E-state index contributed by atoms with van der Waals surface area (Å²) in [5.41, 5.74) is 0. The summed E-state index contributed by atoms with van der Waals surface area (Å²) in [5.74, 6) is -1.56. The van der Waals surface area contributed by atoms with Crippen molar-refractivity contribution in [2.45, 2.75) is 38.9 Å². The molecule has 2 unspecified atom stereocenters. The Morgan fingerprint density at radius 1 is 0.864 bits per heavy atom. The molecule has 0 N–H and O–H groups in total. The van der Waals surface area contributed by atoms with E-state index in [-0.39, 0.29) is 37.6 Å². The topological polar surface area (TPSA) is 105 Å². The number of hydrogen-bond donors (Lipinski definition) is 0. The third-order valence-corrected chi connectivity index (χ3v) is 3.81. The summed E-state index contributed by atoms with van der Waals surface area (Å²) in [7, 11) is 0. The number of ether oxygens (including phenoxy) is 4. The van der Waals surface area contributed by atoms with Gasteiger partial charge in [0.15, 0.2) is 23.8 Å². The van der Waals surface area contributed by atoms with Gasteiger partial charge in [-0.15, -0.1) is 0 Å². The normalized spacial score (nSPS) is 29.9. The average molecular weight is 314 g/mol. The van der Waals surface area contributed by atoms with Crippen LogP contribution in [0.2, 0.25) is 0 Å². The average Bonchev–Trinajstić information content (AvgIpc) is 2.89. The molecule has 0 aromatic heterocycles. The van der Waals surface area contributed by atoms with E-state index < -0.39 is 36.4 Å². The summed E-state index contributed by atoms with van der Waals surface area (Å²) in [6.07, 6.45) is -3.89. The van der Waals surface area contributed by atoms with Gasteiger partial charge in [0, 0.05) is 24.7 Å². The zero-order valence-electron chi connectivity index (χ0n) is 12.4. The van der Waals surface area contributed by atoms with Gasteiger partial charge in [-0.3, -0.25) is 9.59 Å². The first-order valence-electron chi connectivity index (χ1n) is 7.20. The Bertz CT molecular complexity index is 441. The highest BCUT2D eigenvalue weighted by molar-refractivity contribution is 5.95.